The second-order valence-corrected chi connectivity index (χ2v) is 4.99. The summed E-state index contributed by atoms with van der Waals surface area (Å²) in [6.07, 6.45) is 2.26. The maximum atomic E-state index is 12.5. The lowest BCUT2D eigenvalue weighted by atomic mass is 9.97. The molecule has 0 spiro atoms. The molecule has 0 bridgehead atoms. The first-order valence-electron chi connectivity index (χ1n) is 6.97. The van der Waals surface area contributed by atoms with Gasteiger partial charge in [0.25, 0.3) is 5.91 Å². The van der Waals surface area contributed by atoms with Gasteiger partial charge in [-0.3, -0.25) is 4.79 Å². The molecule has 0 aliphatic carbocycles. The lowest BCUT2D eigenvalue weighted by Gasteiger charge is -2.35. The van der Waals surface area contributed by atoms with E-state index in [1.807, 2.05) is 65.6 Å². The molecule has 0 radical (unpaired) electrons. The minimum atomic E-state index is -0.0434. The molecule has 3 nitrogen and oxygen atoms in total. The molecule has 0 fully saturated rings. The molecule has 1 unspecified atom stereocenters. The van der Waals surface area contributed by atoms with Crippen LogP contribution in [0.2, 0.25) is 0 Å². The SMILES string of the molecule is COC1=CC(=O)N(c2ccccc2)C(c2ccccc2)C1. The fourth-order valence-corrected chi connectivity index (χ4v) is 2.68. The average molecular weight is 279 g/mol. The van der Waals surface area contributed by atoms with Gasteiger partial charge in [-0.15, -0.1) is 0 Å². The molecule has 1 aliphatic rings. The standard InChI is InChI=1S/C18H17NO2/c1-21-16-12-17(14-8-4-2-5-9-14)19(18(20)13-16)15-10-6-3-7-11-15/h2-11,13,17H,12H2,1H3. The summed E-state index contributed by atoms with van der Waals surface area (Å²) in [6, 6.07) is 19.8. The number of hydrogen-bond donors (Lipinski definition) is 0. The molecule has 21 heavy (non-hydrogen) atoms. The van der Waals surface area contributed by atoms with Crippen LogP contribution < -0.4 is 4.90 Å². The summed E-state index contributed by atoms with van der Waals surface area (Å²) < 4.78 is 5.31. The molecule has 0 aromatic heterocycles. The van der Waals surface area contributed by atoms with Crippen molar-refractivity contribution in [2.75, 3.05) is 12.0 Å². The number of carbonyl (C=O) groups is 1. The molecule has 106 valence electrons. The molecule has 3 rings (SSSR count). The van der Waals surface area contributed by atoms with Gasteiger partial charge in [0.2, 0.25) is 0 Å². The van der Waals surface area contributed by atoms with Crippen molar-refractivity contribution in [2.24, 2.45) is 0 Å². The largest absolute Gasteiger partial charge is 0.501 e. The molecule has 2 aromatic carbocycles. The van der Waals surface area contributed by atoms with Crippen LogP contribution in [0.3, 0.4) is 0 Å². The number of amides is 1. The summed E-state index contributed by atoms with van der Waals surface area (Å²) in [6.45, 7) is 0. The van der Waals surface area contributed by atoms with Crippen LogP contribution in [0.1, 0.15) is 18.0 Å². The minimum absolute atomic E-state index is 0.0407. The Morgan fingerprint density at radius 3 is 2.24 bits per heavy atom. The Bertz CT molecular complexity index is 649. The van der Waals surface area contributed by atoms with Gasteiger partial charge in [-0.2, -0.15) is 0 Å². The normalized spacial score (nSPS) is 18.3. The van der Waals surface area contributed by atoms with Gasteiger partial charge in [0.15, 0.2) is 0 Å². The molecule has 0 N–H and O–H groups in total. The lowest BCUT2D eigenvalue weighted by molar-refractivity contribution is -0.115. The van der Waals surface area contributed by atoms with E-state index in [-0.39, 0.29) is 11.9 Å². The Hall–Kier alpha value is -2.55. The van der Waals surface area contributed by atoms with Crippen molar-refractivity contribution in [2.45, 2.75) is 12.5 Å². The maximum Gasteiger partial charge on any atom is 0.254 e. The van der Waals surface area contributed by atoms with Gasteiger partial charge in [0, 0.05) is 18.2 Å². The third-order valence-corrected chi connectivity index (χ3v) is 3.71. The lowest BCUT2D eigenvalue weighted by Crippen LogP contribution is -2.37. The Morgan fingerprint density at radius 1 is 1.00 bits per heavy atom. The van der Waals surface area contributed by atoms with Crippen LogP contribution in [0, 0.1) is 0 Å². The summed E-state index contributed by atoms with van der Waals surface area (Å²) >= 11 is 0. The predicted molar refractivity (Wildman–Crippen MR) is 82.8 cm³/mol. The van der Waals surface area contributed by atoms with Crippen molar-refractivity contribution in [3.8, 4) is 0 Å². The summed E-state index contributed by atoms with van der Waals surface area (Å²) in [5.74, 6) is 0.680. The molecule has 0 saturated heterocycles. The number of para-hydroxylation sites is 1. The first kappa shape index (κ1) is 13.4. The van der Waals surface area contributed by atoms with E-state index in [1.54, 1.807) is 13.2 Å². The first-order valence-corrected chi connectivity index (χ1v) is 6.97. The zero-order valence-corrected chi connectivity index (χ0v) is 11.9. The van der Waals surface area contributed by atoms with Crippen LogP contribution in [-0.2, 0) is 9.53 Å². The summed E-state index contributed by atoms with van der Waals surface area (Å²) in [5, 5.41) is 0. The smallest absolute Gasteiger partial charge is 0.254 e. The van der Waals surface area contributed by atoms with E-state index in [2.05, 4.69) is 0 Å². The van der Waals surface area contributed by atoms with Crippen LogP contribution in [0.25, 0.3) is 0 Å². The molecule has 2 aromatic rings. The number of anilines is 1. The summed E-state index contributed by atoms with van der Waals surface area (Å²) in [4.78, 5) is 14.3. The van der Waals surface area contributed by atoms with Crippen molar-refractivity contribution in [1.82, 2.24) is 0 Å². The van der Waals surface area contributed by atoms with Crippen LogP contribution in [0.15, 0.2) is 72.5 Å². The molecular formula is C18H17NO2. The van der Waals surface area contributed by atoms with E-state index in [0.717, 1.165) is 17.0 Å². The van der Waals surface area contributed by atoms with E-state index in [4.69, 9.17) is 4.74 Å². The van der Waals surface area contributed by atoms with Gasteiger partial charge in [0.05, 0.1) is 13.2 Å². The summed E-state index contributed by atoms with van der Waals surface area (Å²) in [7, 11) is 1.61. The van der Waals surface area contributed by atoms with Gasteiger partial charge in [-0.25, -0.2) is 0 Å². The third-order valence-electron chi connectivity index (χ3n) is 3.71. The van der Waals surface area contributed by atoms with E-state index in [0.29, 0.717) is 6.42 Å². The Labute approximate surface area is 124 Å². The van der Waals surface area contributed by atoms with Gasteiger partial charge in [-0.1, -0.05) is 48.5 Å². The van der Waals surface area contributed by atoms with Crippen molar-refractivity contribution in [3.63, 3.8) is 0 Å². The van der Waals surface area contributed by atoms with E-state index >= 15 is 0 Å². The number of benzene rings is 2. The quantitative estimate of drug-likeness (QED) is 0.857. The average Bonchev–Trinajstić information content (AvgIpc) is 2.55. The highest BCUT2D eigenvalue weighted by molar-refractivity contribution is 6.03. The number of ether oxygens (including phenoxy) is 1. The zero-order chi connectivity index (χ0) is 14.7. The maximum absolute atomic E-state index is 12.5. The van der Waals surface area contributed by atoms with Crippen molar-refractivity contribution in [3.05, 3.63) is 78.1 Å². The first-order chi connectivity index (χ1) is 10.3. The third kappa shape index (κ3) is 2.68. The number of hydrogen-bond acceptors (Lipinski definition) is 2. The minimum Gasteiger partial charge on any atom is -0.501 e. The van der Waals surface area contributed by atoms with Gasteiger partial charge in [-0.05, 0) is 17.7 Å². The highest BCUT2D eigenvalue weighted by atomic mass is 16.5. The fraction of sp³-hybridized carbons (Fsp3) is 0.167. The Balaban J connectivity index is 2.05. The highest BCUT2D eigenvalue weighted by Crippen LogP contribution is 2.35. The number of rotatable bonds is 3. The Morgan fingerprint density at radius 2 is 1.62 bits per heavy atom. The van der Waals surface area contributed by atoms with Gasteiger partial charge < -0.3 is 9.64 Å². The van der Waals surface area contributed by atoms with Crippen molar-refractivity contribution >= 4 is 11.6 Å². The molecular weight excluding hydrogens is 262 g/mol. The molecule has 1 atom stereocenters. The Kier molecular flexibility index (Phi) is 3.73. The van der Waals surface area contributed by atoms with Gasteiger partial charge in [0.1, 0.15) is 5.76 Å². The van der Waals surface area contributed by atoms with Crippen molar-refractivity contribution < 1.29 is 9.53 Å². The molecule has 1 heterocycles. The second kappa shape index (κ2) is 5.83. The van der Waals surface area contributed by atoms with Crippen LogP contribution in [0.4, 0.5) is 5.69 Å². The topological polar surface area (TPSA) is 29.5 Å². The summed E-state index contributed by atoms with van der Waals surface area (Å²) in [5.41, 5.74) is 2.01. The van der Waals surface area contributed by atoms with E-state index in [9.17, 15) is 4.79 Å². The van der Waals surface area contributed by atoms with Crippen LogP contribution in [-0.4, -0.2) is 13.0 Å². The van der Waals surface area contributed by atoms with Crippen molar-refractivity contribution in [1.29, 1.82) is 0 Å². The van der Waals surface area contributed by atoms with E-state index in [1.165, 1.54) is 0 Å². The van der Waals surface area contributed by atoms with E-state index < -0.39 is 0 Å². The molecule has 0 saturated carbocycles. The van der Waals surface area contributed by atoms with Crippen LogP contribution in [0.5, 0.6) is 0 Å². The highest BCUT2D eigenvalue weighted by Gasteiger charge is 2.31. The fourth-order valence-electron chi connectivity index (χ4n) is 2.68. The second-order valence-electron chi connectivity index (χ2n) is 4.99. The number of carbonyl (C=O) groups excluding carboxylic acids is 1. The molecule has 1 aliphatic heterocycles. The van der Waals surface area contributed by atoms with Crippen LogP contribution >= 0.6 is 0 Å². The zero-order valence-electron chi connectivity index (χ0n) is 11.9. The predicted octanol–water partition coefficient (Wildman–Crippen LogP) is 3.69. The van der Waals surface area contributed by atoms with Gasteiger partial charge >= 0.3 is 0 Å². The molecule has 1 amide bonds. The number of methoxy groups -OCH3 is 1. The monoisotopic (exact) mass is 279 g/mol. The molecule has 3 heteroatoms. The number of nitrogens with zero attached hydrogens (tertiary/aromatic N) is 1.